The molecule has 6 N–H and O–H groups in total. The second kappa shape index (κ2) is 6.22. The molecule has 11 nitrogen and oxygen atoms in total. The fourth-order valence-electron chi connectivity index (χ4n) is 2.17. The number of nitrogens with zero attached hydrogens (tertiary/aromatic N) is 3. The number of aromatic nitrogens is 4. The molecule has 0 aliphatic rings. The Morgan fingerprint density at radius 3 is 2.26 bits per heavy atom. The van der Waals surface area contributed by atoms with Gasteiger partial charge in [-0.05, 0) is 0 Å². The minimum absolute atomic E-state index is 0.0310. The monoisotopic (exact) mass is 330 g/mol. The molecule has 0 aromatic carbocycles. The first kappa shape index (κ1) is 17.3. The van der Waals surface area contributed by atoms with E-state index in [0.717, 1.165) is 9.13 Å². The summed E-state index contributed by atoms with van der Waals surface area (Å²) in [6.07, 6.45) is -7.16. The second-order valence-corrected chi connectivity index (χ2v) is 5.20. The number of hydrogen-bond acceptors (Lipinski definition) is 8. The van der Waals surface area contributed by atoms with E-state index in [1.165, 1.54) is 14.1 Å². The summed E-state index contributed by atoms with van der Waals surface area (Å²) in [6.45, 7) is -0.819. The van der Waals surface area contributed by atoms with Crippen LogP contribution in [0.4, 0.5) is 0 Å². The molecule has 2 aromatic heterocycles. The summed E-state index contributed by atoms with van der Waals surface area (Å²) in [5, 5.41) is 47.5. The molecule has 128 valence electrons. The number of imidazole rings is 1. The number of H-pyrrole nitrogens is 1. The van der Waals surface area contributed by atoms with Crippen LogP contribution in [0.3, 0.4) is 0 Å². The lowest BCUT2D eigenvalue weighted by Gasteiger charge is -2.24. The average Bonchev–Trinajstić information content (AvgIpc) is 3.00. The van der Waals surface area contributed by atoms with Crippen molar-refractivity contribution in [1.29, 1.82) is 0 Å². The Morgan fingerprint density at radius 2 is 1.70 bits per heavy atom. The van der Waals surface area contributed by atoms with Gasteiger partial charge in [0.1, 0.15) is 35.8 Å². The van der Waals surface area contributed by atoms with E-state index in [1.54, 1.807) is 0 Å². The lowest BCUT2D eigenvalue weighted by molar-refractivity contribution is -0.117. The maximum atomic E-state index is 12.0. The van der Waals surface area contributed by atoms with E-state index in [4.69, 9.17) is 5.11 Å². The summed E-state index contributed by atoms with van der Waals surface area (Å²) >= 11 is 0. The van der Waals surface area contributed by atoms with Crippen LogP contribution in [0.5, 0.6) is 0 Å². The number of aliphatic hydroxyl groups excluding tert-OH is 5. The van der Waals surface area contributed by atoms with Crippen LogP contribution in [-0.2, 0) is 14.1 Å². The number of hydrogen-bond donors (Lipinski definition) is 6. The van der Waals surface area contributed by atoms with E-state index in [2.05, 4.69) is 9.97 Å². The highest BCUT2D eigenvalue weighted by Gasteiger charge is 2.33. The highest BCUT2D eigenvalue weighted by molar-refractivity contribution is 5.69. The molecule has 4 unspecified atom stereocenters. The SMILES string of the molecule is Cn1c(=O)c2[nH]c(C(O)C(O)C(O)C(O)CO)nc2n(C)c1=O. The topological polar surface area (TPSA) is 174 Å². The molecule has 2 aromatic rings. The largest absolute Gasteiger partial charge is 0.394 e. The number of fused-ring (bicyclic) bond motifs is 1. The average molecular weight is 330 g/mol. The Labute approximate surface area is 128 Å². The van der Waals surface area contributed by atoms with Crippen LogP contribution >= 0.6 is 0 Å². The van der Waals surface area contributed by atoms with Crippen molar-refractivity contribution in [1.82, 2.24) is 19.1 Å². The number of rotatable bonds is 5. The van der Waals surface area contributed by atoms with Crippen LogP contribution < -0.4 is 11.2 Å². The first-order valence-electron chi connectivity index (χ1n) is 6.69. The Balaban J connectivity index is 2.49. The zero-order chi connectivity index (χ0) is 17.5. The van der Waals surface area contributed by atoms with Gasteiger partial charge in [-0.1, -0.05) is 0 Å². The van der Waals surface area contributed by atoms with Gasteiger partial charge < -0.3 is 30.5 Å². The zero-order valence-electron chi connectivity index (χ0n) is 12.4. The third-order valence-corrected chi connectivity index (χ3v) is 3.65. The third kappa shape index (κ3) is 2.80. The van der Waals surface area contributed by atoms with Crippen LogP contribution in [-0.4, -0.2) is 69.6 Å². The quantitative estimate of drug-likeness (QED) is 0.322. The van der Waals surface area contributed by atoms with Gasteiger partial charge in [-0.2, -0.15) is 0 Å². The van der Waals surface area contributed by atoms with Crippen molar-refractivity contribution in [2.45, 2.75) is 24.4 Å². The van der Waals surface area contributed by atoms with Crippen molar-refractivity contribution in [3.05, 3.63) is 26.7 Å². The molecule has 0 bridgehead atoms. The first-order chi connectivity index (χ1) is 10.7. The van der Waals surface area contributed by atoms with Crippen molar-refractivity contribution in [3.8, 4) is 0 Å². The molecule has 2 heterocycles. The van der Waals surface area contributed by atoms with Gasteiger partial charge in [0.15, 0.2) is 5.65 Å². The fourth-order valence-corrected chi connectivity index (χ4v) is 2.17. The minimum atomic E-state index is -1.88. The molecular formula is C12H18N4O7. The predicted octanol–water partition coefficient (Wildman–Crippen LogP) is -3.93. The molecule has 2 rings (SSSR count). The molecule has 0 saturated heterocycles. The van der Waals surface area contributed by atoms with Crippen molar-refractivity contribution >= 4 is 11.2 Å². The van der Waals surface area contributed by atoms with Gasteiger partial charge in [0.05, 0.1) is 6.61 Å². The fraction of sp³-hybridized carbons (Fsp3) is 0.583. The Kier molecular flexibility index (Phi) is 4.68. The van der Waals surface area contributed by atoms with Crippen molar-refractivity contribution in [3.63, 3.8) is 0 Å². The van der Waals surface area contributed by atoms with Crippen LogP contribution in [0.2, 0.25) is 0 Å². The lowest BCUT2D eigenvalue weighted by Crippen LogP contribution is -2.42. The zero-order valence-corrected chi connectivity index (χ0v) is 12.4. The van der Waals surface area contributed by atoms with Crippen LogP contribution in [0.1, 0.15) is 11.9 Å². The van der Waals surface area contributed by atoms with E-state index in [9.17, 15) is 30.0 Å². The number of nitrogens with one attached hydrogen (secondary N) is 1. The third-order valence-electron chi connectivity index (χ3n) is 3.65. The molecule has 11 heteroatoms. The summed E-state index contributed by atoms with van der Waals surface area (Å²) in [4.78, 5) is 30.2. The highest BCUT2D eigenvalue weighted by Crippen LogP contribution is 2.19. The lowest BCUT2D eigenvalue weighted by atomic mass is 10.0. The number of aryl methyl sites for hydroxylation is 1. The number of aromatic amines is 1. The van der Waals surface area contributed by atoms with Crippen LogP contribution in [0, 0.1) is 0 Å². The van der Waals surface area contributed by atoms with Gasteiger partial charge in [-0.15, -0.1) is 0 Å². The van der Waals surface area contributed by atoms with Crippen LogP contribution in [0.25, 0.3) is 11.2 Å². The van der Waals surface area contributed by atoms with E-state index >= 15 is 0 Å². The van der Waals surface area contributed by atoms with Gasteiger partial charge >= 0.3 is 5.69 Å². The van der Waals surface area contributed by atoms with E-state index in [0.29, 0.717) is 0 Å². The maximum absolute atomic E-state index is 12.0. The molecule has 0 aliphatic carbocycles. The van der Waals surface area contributed by atoms with E-state index < -0.39 is 42.3 Å². The Bertz CT molecular complexity index is 823. The molecule has 4 atom stereocenters. The molecule has 0 spiro atoms. The van der Waals surface area contributed by atoms with Gasteiger partial charge in [0.25, 0.3) is 5.56 Å². The summed E-state index contributed by atoms with van der Waals surface area (Å²) in [6, 6.07) is 0. The van der Waals surface area contributed by atoms with Crippen molar-refractivity contribution in [2.75, 3.05) is 6.61 Å². The van der Waals surface area contributed by atoms with Crippen molar-refractivity contribution in [2.24, 2.45) is 14.1 Å². The molecule has 0 aliphatic heterocycles. The van der Waals surface area contributed by atoms with Crippen LogP contribution in [0.15, 0.2) is 9.59 Å². The molecular weight excluding hydrogens is 312 g/mol. The van der Waals surface area contributed by atoms with Crippen molar-refractivity contribution < 1.29 is 25.5 Å². The summed E-state index contributed by atoms with van der Waals surface area (Å²) < 4.78 is 1.92. The van der Waals surface area contributed by atoms with E-state index in [1.807, 2.05) is 0 Å². The molecule has 0 fully saturated rings. The maximum Gasteiger partial charge on any atom is 0.332 e. The van der Waals surface area contributed by atoms with Gasteiger partial charge in [-0.3, -0.25) is 13.9 Å². The Morgan fingerprint density at radius 1 is 1.09 bits per heavy atom. The van der Waals surface area contributed by atoms with E-state index in [-0.39, 0.29) is 17.0 Å². The predicted molar refractivity (Wildman–Crippen MR) is 76.6 cm³/mol. The molecule has 23 heavy (non-hydrogen) atoms. The highest BCUT2D eigenvalue weighted by atomic mass is 16.4. The van der Waals surface area contributed by atoms with Gasteiger partial charge in [0, 0.05) is 14.1 Å². The minimum Gasteiger partial charge on any atom is -0.394 e. The second-order valence-electron chi connectivity index (χ2n) is 5.20. The first-order valence-corrected chi connectivity index (χ1v) is 6.69. The summed E-state index contributed by atoms with van der Waals surface area (Å²) in [7, 11) is 2.65. The molecule has 0 radical (unpaired) electrons. The Hall–Kier alpha value is -2.05. The normalized spacial score (nSPS) is 17.2. The van der Waals surface area contributed by atoms with Gasteiger partial charge in [0.2, 0.25) is 0 Å². The van der Waals surface area contributed by atoms with Gasteiger partial charge in [-0.25, -0.2) is 9.78 Å². The summed E-state index contributed by atoms with van der Waals surface area (Å²) in [5.74, 6) is -0.269. The molecule has 0 amide bonds. The smallest absolute Gasteiger partial charge is 0.332 e. The molecule has 0 saturated carbocycles. The number of aliphatic hydroxyl groups is 5. The summed E-state index contributed by atoms with van der Waals surface area (Å²) in [5.41, 5.74) is -1.38. The standard InChI is InChI=1S/C12H18N4O7/c1-15-10-5(11(22)16(2)12(15)23)13-9(14-10)8(21)7(20)6(19)4(18)3-17/h4,6-8,17-21H,3H2,1-2H3,(H,13,14).